The molecule has 0 bridgehead atoms. The third-order valence-electron chi connectivity index (χ3n) is 4.78. The van der Waals surface area contributed by atoms with Crippen molar-refractivity contribution in [1.82, 2.24) is 0 Å². The van der Waals surface area contributed by atoms with Gasteiger partial charge in [0.15, 0.2) is 6.10 Å². The molecule has 7 heteroatoms. The lowest BCUT2D eigenvalue weighted by Gasteiger charge is -2.17. The van der Waals surface area contributed by atoms with Crippen LogP contribution in [0, 0.1) is 0 Å². The van der Waals surface area contributed by atoms with Crippen molar-refractivity contribution in [3.05, 3.63) is 39.6 Å². The summed E-state index contributed by atoms with van der Waals surface area (Å²) < 4.78 is 16.0. The molecule has 0 saturated carbocycles. The molecule has 1 aliphatic rings. The number of ether oxygens (including phenoxy) is 3. The normalized spacial score (nSPS) is 14.0. The summed E-state index contributed by atoms with van der Waals surface area (Å²) in [6.45, 7) is 1.81. The van der Waals surface area contributed by atoms with Crippen molar-refractivity contribution in [3.63, 3.8) is 0 Å². The molecule has 1 aliphatic carbocycles. The molecule has 1 heterocycles. The molecule has 0 aliphatic heterocycles. The molecule has 1 N–H and O–H groups in total. The standard InChI is InChI=1S/C21H25NO5S/c1-4-16(20(23)22-15-10-9-14(25-2)12-17(15)26-3)27-21(24)19-11-13-7-5-6-8-18(13)28-19/h9-12,16H,4-8H2,1-3H3,(H,22,23). The highest BCUT2D eigenvalue weighted by atomic mass is 32.1. The van der Waals surface area contributed by atoms with E-state index in [1.165, 1.54) is 28.9 Å². The van der Waals surface area contributed by atoms with Crippen molar-refractivity contribution < 1.29 is 23.8 Å². The molecule has 2 aromatic rings. The summed E-state index contributed by atoms with van der Waals surface area (Å²) in [4.78, 5) is 27.1. The third kappa shape index (κ3) is 4.47. The second-order valence-electron chi connectivity index (χ2n) is 6.62. The van der Waals surface area contributed by atoms with Crippen molar-refractivity contribution in [2.75, 3.05) is 19.5 Å². The summed E-state index contributed by atoms with van der Waals surface area (Å²) in [7, 11) is 3.07. The van der Waals surface area contributed by atoms with Gasteiger partial charge in [-0.3, -0.25) is 4.79 Å². The Hall–Kier alpha value is -2.54. The van der Waals surface area contributed by atoms with Crippen LogP contribution >= 0.6 is 11.3 Å². The minimum absolute atomic E-state index is 0.376. The topological polar surface area (TPSA) is 73.9 Å². The van der Waals surface area contributed by atoms with Gasteiger partial charge in [-0.25, -0.2) is 4.79 Å². The number of thiophene rings is 1. The highest BCUT2D eigenvalue weighted by molar-refractivity contribution is 7.14. The van der Waals surface area contributed by atoms with Crippen molar-refractivity contribution in [3.8, 4) is 11.5 Å². The van der Waals surface area contributed by atoms with Crippen LogP contribution in [0.25, 0.3) is 0 Å². The van der Waals surface area contributed by atoms with Gasteiger partial charge in [-0.1, -0.05) is 6.92 Å². The third-order valence-corrected chi connectivity index (χ3v) is 5.99. The molecule has 0 radical (unpaired) electrons. The fourth-order valence-electron chi connectivity index (χ4n) is 3.22. The largest absolute Gasteiger partial charge is 0.497 e. The van der Waals surface area contributed by atoms with E-state index in [0.717, 1.165) is 25.7 Å². The molecule has 0 saturated heterocycles. The van der Waals surface area contributed by atoms with Gasteiger partial charge in [0, 0.05) is 10.9 Å². The van der Waals surface area contributed by atoms with Crippen LogP contribution in [0.5, 0.6) is 11.5 Å². The lowest BCUT2D eigenvalue weighted by Crippen LogP contribution is -2.32. The number of amides is 1. The summed E-state index contributed by atoms with van der Waals surface area (Å²) in [5.41, 5.74) is 1.73. The monoisotopic (exact) mass is 403 g/mol. The fraction of sp³-hybridized carbons (Fsp3) is 0.429. The van der Waals surface area contributed by atoms with Crippen LogP contribution in [-0.4, -0.2) is 32.2 Å². The molecule has 3 rings (SSSR count). The van der Waals surface area contributed by atoms with Crippen molar-refractivity contribution in [2.45, 2.75) is 45.1 Å². The zero-order chi connectivity index (χ0) is 20.1. The Labute approximate surface area is 168 Å². The van der Waals surface area contributed by atoms with E-state index in [-0.39, 0.29) is 5.91 Å². The highest BCUT2D eigenvalue weighted by Gasteiger charge is 2.25. The predicted octanol–water partition coefficient (Wildman–Crippen LogP) is 4.22. The zero-order valence-corrected chi connectivity index (χ0v) is 17.2. The predicted molar refractivity (Wildman–Crippen MR) is 109 cm³/mol. The number of methoxy groups -OCH3 is 2. The summed E-state index contributed by atoms with van der Waals surface area (Å²) in [5, 5.41) is 2.78. The molecule has 1 amide bonds. The summed E-state index contributed by atoms with van der Waals surface area (Å²) >= 11 is 1.48. The second-order valence-corrected chi connectivity index (χ2v) is 7.76. The van der Waals surface area contributed by atoms with Crippen LogP contribution in [0.4, 0.5) is 5.69 Å². The molecule has 0 spiro atoms. The number of hydrogen-bond acceptors (Lipinski definition) is 6. The average Bonchev–Trinajstić information content (AvgIpc) is 3.16. The average molecular weight is 404 g/mol. The van der Waals surface area contributed by atoms with E-state index in [9.17, 15) is 9.59 Å². The number of aryl methyl sites for hydroxylation is 2. The number of carbonyl (C=O) groups excluding carboxylic acids is 2. The Morgan fingerprint density at radius 2 is 1.93 bits per heavy atom. The Kier molecular flexibility index (Phi) is 6.57. The Morgan fingerprint density at radius 3 is 2.61 bits per heavy atom. The second kappa shape index (κ2) is 9.10. The molecule has 6 nitrogen and oxygen atoms in total. The van der Waals surface area contributed by atoms with Gasteiger partial charge in [-0.15, -0.1) is 11.3 Å². The lowest BCUT2D eigenvalue weighted by atomic mass is 9.99. The summed E-state index contributed by atoms with van der Waals surface area (Å²) in [5.74, 6) is 0.263. The molecular formula is C21H25NO5S. The molecular weight excluding hydrogens is 378 g/mol. The van der Waals surface area contributed by atoms with Crippen LogP contribution in [0.2, 0.25) is 0 Å². The molecule has 1 unspecified atom stereocenters. The van der Waals surface area contributed by atoms with Crippen molar-refractivity contribution in [2.24, 2.45) is 0 Å². The quantitative estimate of drug-likeness (QED) is 0.701. The number of rotatable bonds is 7. The van der Waals surface area contributed by atoms with Gasteiger partial charge < -0.3 is 19.5 Å². The smallest absolute Gasteiger partial charge is 0.349 e. The SMILES string of the molecule is CCC(OC(=O)c1cc2c(s1)CCCC2)C(=O)Nc1ccc(OC)cc1OC. The van der Waals surface area contributed by atoms with Crippen LogP contribution in [-0.2, 0) is 22.4 Å². The first-order chi connectivity index (χ1) is 13.5. The molecule has 28 heavy (non-hydrogen) atoms. The van der Waals surface area contributed by atoms with Gasteiger partial charge in [0.05, 0.1) is 19.9 Å². The van der Waals surface area contributed by atoms with Gasteiger partial charge in [0.25, 0.3) is 5.91 Å². The van der Waals surface area contributed by atoms with E-state index >= 15 is 0 Å². The van der Waals surface area contributed by atoms with Crippen LogP contribution in [0.3, 0.4) is 0 Å². The van der Waals surface area contributed by atoms with Crippen molar-refractivity contribution in [1.29, 1.82) is 0 Å². The van der Waals surface area contributed by atoms with Crippen LogP contribution in [0.15, 0.2) is 24.3 Å². The van der Waals surface area contributed by atoms with Crippen molar-refractivity contribution >= 4 is 28.9 Å². The first kappa shape index (κ1) is 20.2. The Balaban J connectivity index is 1.68. The van der Waals surface area contributed by atoms with E-state index in [1.807, 2.05) is 13.0 Å². The maximum atomic E-state index is 12.7. The first-order valence-corrected chi connectivity index (χ1v) is 10.2. The van der Waals surface area contributed by atoms with Crippen LogP contribution in [0.1, 0.15) is 46.3 Å². The first-order valence-electron chi connectivity index (χ1n) is 9.41. The van der Waals surface area contributed by atoms with E-state index in [0.29, 0.717) is 28.5 Å². The molecule has 1 atom stereocenters. The number of fused-ring (bicyclic) bond motifs is 1. The number of benzene rings is 1. The van der Waals surface area contributed by atoms with E-state index in [4.69, 9.17) is 14.2 Å². The molecule has 1 aromatic carbocycles. The van der Waals surface area contributed by atoms with Gasteiger partial charge in [-0.05, 0) is 55.9 Å². The minimum atomic E-state index is -0.876. The van der Waals surface area contributed by atoms with Crippen LogP contribution < -0.4 is 14.8 Å². The van der Waals surface area contributed by atoms with Gasteiger partial charge in [0.2, 0.25) is 0 Å². The summed E-state index contributed by atoms with van der Waals surface area (Å²) in [6, 6.07) is 7.01. The maximum absolute atomic E-state index is 12.7. The van der Waals surface area contributed by atoms with E-state index in [1.54, 1.807) is 25.3 Å². The highest BCUT2D eigenvalue weighted by Crippen LogP contribution is 2.31. The Morgan fingerprint density at radius 1 is 1.14 bits per heavy atom. The minimum Gasteiger partial charge on any atom is -0.497 e. The summed E-state index contributed by atoms with van der Waals surface area (Å²) in [6.07, 6.45) is 3.84. The maximum Gasteiger partial charge on any atom is 0.349 e. The molecule has 1 aromatic heterocycles. The zero-order valence-electron chi connectivity index (χ0n) is 16.4. The fourth-order valence-corrected chi connectivity index (χ4v) is 4.35. The Bertz CT molecular complexity index is 837. The molecule has 150 valence electrons. The number of hydrogen-bond donors (Lipinski definition) is 1. The number of anilines is 1. The van der Waals surface area contributed by atoms with Gasteiger partial charge in [0.1, 0.15) is 16.4 Å². The van der Waals surface area contributed by atoms with Gasteiger partial charge >= 0.3 is 5.97 Å². The van der Waals surface area contributed by atoms with E-state index in [2.05, 4.69) is 5.32 Å². The number of esters is 1. The molecule has 0 fully saturated rings. The number of nitrogens with one attached hydrogen (secondary N) is 1. The number of carbonyl (C=O) groups is 2. The van der Waals surface area contributed by atoms with Gasteiger partial charge in [-0.2, -0.15) is 0 Å². The lowest BCUT2D eigenvalue weighted by molar-refractivity contribution is -0.124. The van der Waals surface area contributed by atoms with E-state index < -0.39 is 12.1 Å².